The Labute approximate surface area is 206 Å². The third-order valence-corrected chi connectivity index (χ3v) is 12.7. The minimum atomic E-state index is -0.644. The summed E-state index contributed by atoms with van der Waals surface area (Å²) in [5.41, 5.74) is 0.555. The van der Waals surface area contributed by atoms with E-state index in [1.54, 1.807) is 0 Å². The zero-order valence-corrected chi connectivity index (χ0v) is 22.2. The van der Waals surface area contributed by atoms with Crippen LogP contribution in [0.5, 0.6) is 0 Å². The Balaban J connectivity index is 1.44. The van der Waals surface area contributed by atoms with Gasteiger partial charge in [-0.25, -0.2) is 0 Å². The molecule has 4 heteroatoms. The summed E-state index contributed by atoms with van der Waals surface area (Å²) < 4.78 is 0. The van der Waals surface area contributed by atoms with Gasteiger partial charge in [-0.3, -0.25) is 0 Å². The van der Waals surface area contributed by atoms with Crippen LogP contribution in [-0.4, -0.2) is 39.9 Å². The van der Waals surface area contributed by atoms with Gasteiger partial charge in [-0.05, 0) is 91.3 Å². The highest BCUT2D eigenvalue weighted by Gasteiger charge is 2.67. The van der Waals surface area contributed by atoms with E-state index in [1.807, 2.05) is 0 Å². The number of allylic oxidation sites excluding steroid dienone is 1. The molecule has 0 spiro atoms. The predicted octanol–water partition coefficient (Wildman–Crippen LogP) is 5.00. The third kappa shape index (κ3) is 3.23. The fourth-order valence-electron chi connectivity index (χ4n) is 10.3. The molecule has 0 radical (unpaired) electrons. The van der Waals surface area contributed by atoms with Gasteiger partial charge in [0.25, 0.3) is 0 Å². The Morgan fingerprint density at radius 1 is 1.03 bits per heavy atom. The topological polar surface area (TPSA) is 77.8 Å². The van der Waals surface area contributed by atoms with Crippen LogP contribution in [0.4, 0.5) is 0 Å². The smallest absolute Gasteiger partial charge is 0.126 e. The minimum absolute atomic E-state index is 0.0331. The van der Waals surface area contributed by atoms with Crippen LogP contribution in [0, 0.1) is 63.6 Å². The Morgan fingerprint density at radius 2 is 1.74 bits per heavy atom. The molecule has 192 valence electrons. The first-order chi connectivity index (χ1) is 15.9. The lowest BCUT2D eigenvalue weighted by Crippen LogP contribution is -2.61. The molecule has 0 aromatic heterocycles. The average Bonchev–Trinajstić information content (AvgIpc) is 3.33. The molecule has 4 saturated carbocycles. The van der Waals surface area contributed by atoms with Crippen LogP contribution in [0.15, 0.2) is 11.6 Å². The van der Waals surface area contributed by atoms with Gasteiger partial charge >= 0.3 is 0 Å². The Morgan fingerprint density at radius 3 is 2.38 bits per heavy atom. The molecule has 0 aromatic rings. The molecule has 5 aliphatic rings. The van der Waals surface area contributed by atoms with E-state index in [2.05, 4.69) is 47.6 Å². The highest BCUT2D eigenvalue weighted by atomic mass is 16.3. The van der Waals surface area contributed by atoms with Gasteiger partial charge in [0.15, 0.2) is 0 Å². The van der Waals surface area contributed by atoms with Gasteiger partial charge in [0, 0.05) is 17.3 Å². The molecule has 6 unspecified atom stereocenters. The molecule has 4 nitrogen and oxygen atoms in total. The number of hydrogen-bond acceptors (Lipinski definition) is 4. The van der Waals surface area contributed by atoms with Crippen molar-refractivity contribution in [2.75, 3.05) is 0 Å². The average molecular weight is 473 g/mol. The second-order valence-corrected chi connectivity index (χ2v) is 14.0. The van der Waals surface area contributed by atoms with Crippen LogP contribution >= 0.6 is 0 Å². The number of carbonyl (C=O) groups excluding carboxylic acids is 1. The van der Waals surface area contributed by atoms with E-state index < -0.39 is 29.1 Å². The van der Waals surface area contributed by atoms with Crippen molar-refractivity contribution in [1.29, 1.82) is 0 Å². The van der Waals surface area contributed by atoms with Crippen LogP contribution < -0.4 is 0 Å². The SMILES string of the molecule is CC(C1CCC2C3CC=C4C[C@@H](O)C[C@H](O)[C@]4(C)C3[C@H](O)C[C@]12C=O)C1C[C@]1(C)[C@H](C)C(C)C. The number of carbonyl (C=O) groups is 1. The van der Waals surface area contributed by atoms with Gasteiger partial charge in [-0.15, -0.1) is 0 Å². The summed E-state index contributed by atoms with van der Waals surface area (Å²) >= 11 is 0. The number of fused-ring (bicyclic) bond motifs is 5. The zero-order valence-electron chi connectivity index (χ0n) is 22.2. The number of hydrogen-bond donors (Lipinski definition) is 3. The fraction of sp³-hybridized carbons (Fsp3) is 0.900. The summed E-state index contributed by atoms with van der Waals surface area (Å²) in [5.74, 6) is 3.32. The van der Waals surface area contributed by atoms with Gasteiger partial charge in [0.1, 0.15) is 6.29 Å². The third-order valence-electron chi connectivity index (χ3n) is 12.7. The monoisotopic (exact) mass is 472 g/mol. The van der Waals surface area contributed by atoms with Crippen LogP contribution in [-0.2, 0) is 4.79 Å². The minimum Gasteiger partial charge on any atom is -0.393 e. The predicted molar refractivity (Wildman–Crippen MR) is 134 cm³/mol. The molecular formula is C30H48O4. The highest BCUT2D eigenvalue weighted by molar-refractivity contribution is 5.62. The Kier molecular flexibility index (Phi) is 5.98. The van der Waals surface area contributed by atoms with E-state index in [0.717, 1.165) is 24.8 Å². The Bertz CT molecular complexity index is 851. The van der Waals surface area contributed by atoms with E-state index in [0.29, 0.717) is 54.3 Å². The molecule has 0 bridgehead atoms. The fourth-order valence-corrected chi connectivity index (χ4v) is 10.3. The summed E-state index contributed by atoms with van der Waals surface area (Å²) in [6.07, 6.45) is 7.56. The van der Waals surface area contributed by atoms with Crippen molar-refractivity contribution in [2.45, 2.75) is 105 Å². The lowest BCUT2D eigenvalue weighted by molar-refractivity contribution is -0.167. The van der Waals surface area contributed by atoms with Crippen molar-refractivity contribution in [3.05, 3.63) is 11.6 Å². The first kappa shape index (κ1) is 25.0. The van der Waals surface area contributed by atoms with Crippen LogP contribution in [0.3, 0.4) is 0 Å². The van der Waals surface area contributed by atoms with Gasteiger partial charge in [0.05, 0.1) is 18.3 Å². The lowest BCUT2D eigenvalue weighted by atomic mass is 9.45. The molecule has 5 rings (SSSR count). The standard InChI is InChI=1S/C30H48O4/c1-16(2)18(4)28(5)13-24(28)17(3)22-9-10-23-21-8-7-19-11-20(32)12-26(34)29(19,6)27(21)25(33)14-30(22,23)15-31/h7,15-18,20-27,32-34H,8-14H2,1-6H3/t17?,18-,20-,21?,22?,23?,24?,25-,26+,27?,28-,29-,30+/m1/s1. The van der Waals surface area contributed by atoms with Gasteiger partial charge in [-0.2, -0.15) is 0 Å². The highest BCUT2D eigenvalue weighted by Crippen LogP contribution is 2.70. The van der Waals surface area contributed by atoms with Crippen LogP contribution in [0.2, 0.25) is 0 Å². The first-order valence-corrected chi connectivity index (χ1v) is 14.1. The summed E-state index contributed by atoms with van der Waals surface area (Å²) in [6.45, 7) is 14.0. The van der Waals surface area contributed by atoms with Crippen molar-refractivity contribution in [2.24, 2.45) is 63.6 Å². The normalized spacial score (nSPS) is 53.9. The van der Waals surface area contributed by atoms with Crippen molar-refractivity contribution < 1.29 is 20.1 Å². The molecule has 5 aliphatic carbocycles. The number of rotatable bonds is 5. The molecule has 0 saturated heterocycles. The number of aliphatic hydroxyl groups is 3. The summed E-state index contributed by atoms with van der Waals surface area (Å²) in [5, 5.41) is 33.1. The van der Waals surface area contributed by atoms with E-state index in [9.17, 15) is 20.1 Å². The van der Waals surface area contributed by atoms with Crippen molar-refractivity contribution in [3.63, 3.8) is 0 Å². The maximum Gasteiger partial charge on any atom is 0.126 e. The molecule has 4 fully saturated rings. The van der Waals surface area contributed by atoms with Crippen LogP contribution in [0.1, 0.15) is 86.5 Å². The summed E-state index contributed by atoms with van der Waals surface area (Å²) in [7, 11) is 0. The molecule has 3 N–H and O–H groups in total. The van der Waals surface area contributed by atoms with Crippen molar-refractivity contribution in [3.8, 4) is 0 Å². The summed E-state index contributed by atoms with van der Waals surface area (Å²) in [4.78, 5) is 13.0. The quantitative estimate of drug-likeness (QED) is 0.389. The second kappa shape index (κ2) is 8.15. The Hall–Kier alpha value is -0.710. The van der Waals surface area contributed by atoms with Gasteiger partial charge in [-0.1, -0.05) is 53.2 Å². The molecule has 0 aromatic carbocycles. The van der Waals surface area contributed by atoms with E-state index in [1.165, 1.54) is 12.7 Å². The maximum absolute atomic E-state index is 13.0. The molecule has 0 aliphatic heterocycles. The van der Waals surface area contributed by atoms with Crippen LogP contribution in [0.25, 0.3) is 0 Å². The van der Waals surface area contributed by atoms with Crippen molar-refractivity contribution >= 4 is 6.29 Å². The van der Waals surface area contributed by atoms with Gasteiger partial charge in [0.2, 0.25) is 0 Å². The molecule has 0 amide bonds. The lowest BCUT2D eigenvalue weighted by Gasteiger charge is -2.60. The van der Waals surface area contributed by atoms with E-state index >= 15 is 0 Å². The van der Waals surface area contributed by atoms with Gasteiger partial charge < -0.3 is 20.1 Å². The second-order valence-electron chi connectivity index (χ2n) is 14.0. The van der Waals surface area contributed by atoms with E-state index in [4.69, 9.17) is 0 Å². The number of aliphatic hydroxyl groups excluding tert-OH is 3. The zero-order chi connectivity index (χ0) is 24.8. The molecule has 34 heavy (non-hydrogen) atoms. The largest absolute Gasteiger partial charge is 0.393 e. The van der Waals surface area contributed by atoms with E-state index in [-0.39, 0.29) is 17.8 Å². The maximum atomic E-state index is 13.0. The molecule has 0 heterocycles. The first-order valence-electron chi connectivity index (χ1n) is 14.1. The molecular weight excluding hydrogens is 424 g/mol. The molecule has 13 atom stereocenters. The van der Waals surface area contributed by atoms with Crippen molar-refractivity contribution in [1.82, 2.24) is 0 Å². The number of aldehydes is 1. The summed E-state index contributed by atoms with van der Waals surface area (Å²) in [6, 6.07) is 0.